The number of morpholine rings is 1. The fourth-order valence-electron chi connectivity index (χ4n) is 1.99. The molecule has 0 unspecified atom stereocenters. The monoisotopic (exact) mass is 308 g/mol. The van der Waals surface area contributed by atoms with Crippen LogP contribution in [0.25, 0.3) is 6.08 Å². The fraction of sp³-hybridized carbons (Fsp3) is 0.333. The number of halogens is 2. The lowest BCUT2D eigenvalue weighted by atomic mass is 10.1. The summed E-state index contributed by atoms with van der Waals surface area (Å²) in [5.41, 5.74) is 0.546. The average molecular weight is 308 g/mol. The molecule has 5 nitrogen and oxygen atoms in total. The summed E-state index contributed by atoms with van der Waals surface area (Å²) in [6, 6.07) is 7.58. The first-order valence-corrected chi connectivity index (χ1v) is 6.64. The van der Waals surface area contributed by atoms with E-state index in [1.165, 1.54) is 30.3 Å². The summed E-state index contributed by atoms with van der Waals surface area (Å²) >= 11 is 0. The molecule has 0 aromatic heterocycles. The van der Waals surface area contributed by atoms with Crippen LogP contribution in [-0.4, -0.2) is 43.7 Å². The number of carbonyl (C=O) groups excluding carboxylic acids is 1. The summed E-state index contributed by atoms with van der Waals surface area (Å²) in [5, 5.41) is 9.14. The van der Waals surface area contributed by atoms with Crippen molar-refractivity contribution in [2.75, 3.05) is 26.3 Å². The molecule has 0 bridgehead atoms. The predicted molar refractivity (Wildman–Crippen MR) is 74.1 cm³/mol. The number of amides is 1. The lowest BCUT2D eigenvalue weighted by Gasteiger charge is -2.26. The van der Waals surface area contributed by atoms with Crippen molar-refractivity contribution in [3.05, 3.63) is 35.4 Å². The van der Waals surface area contributed by atoms with Gasteiger partial charge in [0.05, 0.1) is 13.2 Å². The van der Waals surface area contributed by atoms with Crippen molar-refractivity contribution in [1.82, 2.24) is 4.90 Å². The SMILES string of the molecule is N#C/C(=C\c1ccc(OC(F)F)cc1)C(=O)N1CCOCC1. The lowest BCUT2D eigenvalue weighted by molar-refractivity contribution is -0.130. The van der Waals surface area contributed by atoms with E-state index >= 15 is 0 Å². The summed E-state index contributed by atoms with van der Waals surface area (Å²) in [6.45, 7) is -1.11. The molecule has 0 spiro atoms. The van der Waals surface area contributed by atoms with Gasteiger partial charge in [-0.15, -0.1) is 0 Å². The zero-order chi connectivity index (χ0) is 15.9. The molecule has 0 N–H and O–H groups in total. The van der Waals surface area contributed by atoms with Gasteiger partial charge >= 0.3 is 6.61 Å². The quantitative estimate of drug-likeness (QED) is 0.631. The number of nitriles is 1. The minimum Gasteiger partial charge on any atom is -0.435 e. The topological polar surface area (TPSA) is 62.6 Å². The molecule has 1 aliphatic rings. The van der Waals surface area contributed by atoms with Gasteiger partial charge < -0.3 is 14.4 Å². The maximum absolute atomic E-state index is 12.2. The van der Waals surface area contributed by atoms with Crippen molar-refractivity contribution in [3.8, 4) is 11.8 Å². The Kier molecular flexibility index (Phi) is 5.44. The second kappa shape index (κ2) is 7.52. The van der Waals surface area contributed by atoms with Crippen LogP contribution in [0.5, 0.6) is 5.75 Å². The second-order valence-electron chi connectivity index (χ2n) is 4.52. The van der Waals surface area contributed by atoms with Gasteiger partial charge in [0.1, 0.15) is 17.4 Å². The third-order valence-electron chi connectivity index (χ3n) is 3.07. The highest BCUT2D eigenvalue weighted by atomic mass is 19.3. The molecule has 1 heterocycles. The van der Waals surface area contributed by atoms with Crippen molar-refractivity contribution in [2.45, 2.75) is 6.61 Å². The van der Waals surface area contributed by atoms with Gasteiger partial charge in [-0.3, -0.25) is 4.79 Å². The predicted octanol–water partition coefficient (Wildman–Crippen LogP) is 2.05. The molecule has 1 amide bonds. The van der Waals surface area contributed by atoms with Crippen LogP contribution in [0.1, 0.15) is 5.56 Å². The first kappa shape index (κ1) is 15.9. The van der Waals surface area contributed by atoms with Crippen LogP contribution < -0.4 is 4.74 Å². The molecule has 0 atom stereocenters. The van der Waals surface area contributed by atoms with E-state index in [-0.39, 0.29) is 17.2 Å². The molecule has 0 aliphatic carbocycles. The normalized spacial score (nSPS) is 15.5. The van der Waals surface area contributed by atoms with E-state index in [0.29, 0.717) is 31.9 Å². The number of hydrogen-bond donors (Lipinski definition) is 0. The second-order valence-corrected chi connectivity index (χ2v) is 4.52. The molecule has 1 fully saturated rings. The highest BCUT2D eigenvalue weighted by Gasteiger charge is 2.20. The summed E-state index contributed by atoms with van der Waals surface area (Å²) in [6.07, 6.45) is 1.42. The summed E-state index contributed by atoms with van der Waals surface area (Å²) in [5.74, 6) is -0.344. The fourth-order valence-corrected chi connectivity index (χ4v) is 1.99. The molecule has 116 valence electrons. The number of alkyl halides is 2. The van der Waals surface area contributed by atoms with Crippen LogP contribution in [0.3, 0.4) is 0 Å². The summed E-state index contributed by atoms with van der Waals surface area (Å²) < 4.78 is 33.5. The van der Waals surface area contributed by atoms with Gasteiger partial charge in [0.15, 0.2) is 0 Å². The van der Waals surface area contributed by atoms with E-state index < -0.39 is 6.61 Å². The number of ether oxygens (including phenoxy) is 2. The van der Waals surface area contributed by atoms with Crippen LogP contribution in [-0.2, 0) is 9.53 Å². The maximum atomic E-state index is 12.2. The molecule has 1 aromatic rings. The smallest absolute Gasteiger partial charge is 0.387 e. The molecular formula is C15H14F2N2O3. The van der Waals surface area contributed by atoms with Crippen LogP contribution in [0, 0.1) is 11.3 Å². The van der Waals surface area contributed by atoms with Gasteiger partial charge in [0.2, 0.25) is 0 Å². The molecule has 1 aromatic carbocycles. The standard InChI is InChI=1S/C15H14F2N2O3/c16-15(17)22-13-3-1-11(2-4-13)9-12(10-18)14(20)19-5-7-21-8-6-19/h1-4,9,15H,5-8H2/b12-9+. The van der Waals surface area contributed by atoms with Crippen LogP contribution in [0.15, 0.2) is 29.8 Å². The van der Waals surface area contributed by atoms with E-state index in [4.69, 9.17) is 10.00 Å². The third kappa shape index (κ3) is 4.27. The van der Waals surface area contributed by atoms with Gasteiger partial charge in [-0.05, 0) is 23.8 Å². The molecule has 2 rings (SSSR count). The Morgan fingerprint density at radius 2 is 1.95 bits per heavy atom. The average Bonchev–Trinajstić information content (AvgIpc) is 2.54. The zero-order valence-corrected chi connectivity index (χ0v) is 11.7. The third-order valence-corrected chi connectivity index (χ3v) is 3.07. The highest BCUT2D eigenvalue weighted by Crippen LogP contribution is 2.17. The Balaban J connectivity index is 2.11. The van der Waals surface area contributed by atoms with Crippen molar-refractivity contribution in [1.29, 1.82) is 5.26 Å². The largest absolute Gasteiger partial charge is 0.435 e. The maximum Gasteiger partial charge on any atom is 0.387 e. The number of carbonyl (C=O) groups is 1. The number of benzene rings is 1. The summed E-state index contributed by atoms with van der Waals surface area (Å²) in [7, 11) is 0. The van der Waals surface area contributed by atoms with Crippen molar-refractivity contribution < 1.29 is 23.0 Å². The van der Waals surface area contributed by atoms with Crippen LogP contribution in [0.4, 0.5) is 8.78 Å². The Bertz CT molecular complexity index is 588. The van der Waals surface area contributed by atoms with Gasteiger partial charge in [-0.1, -0.05) is 12.1 Å². The van der Waals surface area contributed by atoms with Crippen molar-refractivity contribution in [3.63, 3.8) is 0 Å². The van der Waals surface area contributed by atoms with E-state index in [9.17, 15) is 13.6 Å². The van der Waals surface area contributed by atoms with Gasteiger partial charge in [-0.2, -0.15) is 14.0 Å². The molecule has 22 heavy (non-hydrogen) atoms. The van der Waals surface area contributed by atoms with E-state index in [1.54, 1.807) is 4.90 Å². The molecule has 0 radical (unpaired) electrons. The molecule has 7 heteroatoms. The first-order chi connectivity index (χ1) is 10.6. The van der Waals surface area contributed by atoms with Crippen molar-refractivity contribution >= 4 is 12.0 Å². The Morgan fingerprint density at radius 1 is 1.32 bits per heavy atom. The van der Waals surface area contributed by atoms with E-state index in [1.807, 2.05) is 6.07 Å². The molecule has 0 saturated carbocycles. The number of nitrogens with zero attached hydrogens (tertiary/aromatic N) is 2. The zero-order valence-electron chi connectivity index (χ0n) is 11.7. The van der Waals surface area contributed by atoms with Crippen LogP contribution >= 0.6 is 0 Å². The van der Waals surface area contributed by atoms with Crippen molar-refractivity contribution in [2.24, 2.45) is 0 Å². The minimum atomic E-state index is -2.89. The Morgan fingerprint density at radius 3 is 2.50 bits per heavy atom. The summed E-state index contributed by atoms with van der Waals surface area (Å²) in [4.78, 5) is 13.8. The number of hydrogen-bond acceptors (Lipinski definition) is 4. The van der Waals surface area contributed by atoms with Crippen LogP contribution in [0.2, 0.25) is 0 Å². The molecule has 1 aliphatic heterocycles. The Labute approximate surface area is 126 Å². The Hall–Kier alpha value is -2.46. The minimum absolute atomic E-state index is 0.00979. The van der Waals surface area contributed by atoms with Gasteiger partial charge in [0, 0.05) is 13.1 Å². The lowest BCUT2D eigenvalue weighted by Crippen LogP contribution is -2.41. The van der Waals surface area contributed by atoms with E-state index in [2.05, 4.69) is 4.74 Å². The van der Waals surface area contributed by atoms with Gasteiger partial charge in [-0.25, -0.2) is 0 Å². The first-order valence-electron chi connectivity index (χ1n) is 6.64. The van der Waals surface area contributed by atoms with Gasteiger partial charge in [0.25, 0.3) is 5.91 Å². The molecular weight excluding hydrogens is 294 g/mol. The molecule has 1 saturated heterocycles. The van der Waals surface area contributed by atoms with E-state index in [0.717, 1.165) is 0 Å². The highest BCUT2D eigenvalue weighted by molar-refractivity contribution is 6.01. The number of rotatable bonds is 4.